The molecule has 33 heavy (non-hydrogen) atoms. The average molecular weight is 465 g/mol. The number of benzene rings is 2. The van der Waals surface area contributed by atoms with Crippen LogP contribution in [0.25, 0.3) is 10.2 Å². The van der Waals surface area contributed by atoms with Gasteiger partial charge in [-0.25, -0.2) is 9.78 Å². The van der Waals surface area contributed by atoms with Crippen LogP contribution in [0, 0.1) is 17.0 Å². The van der Waals surface area contributed by atoms with Crippen molar-refractivity contribution in [3.8, 4) is 5.75 Å². The maximum absolute atomic E-state index is 13.0. The van der Waals surface area contributed by atoms with Crippen LogP contribution in [0.5, 0.6) is 5.75 Å². The summed E-state index contributed by atoms with van der Waals surface area (Å²) in [5.74, 6) is 0.151. The lowest BCUT2D eigenvalue weighted by Gasteiger charge is -2.07. The molecule has 0 bridgehead atoms. The molecule has 0 aliphatic carbocycles. The van der Waals surface area contributed by atoms with Gasteiger partial charge in [0.1, 0.15) is 28.7 Å². The van der Waals surface area contributed by atoms with Crippen molar-refractivity contribution in [3.63, 3.8) is 0 Å². The van der Waals surface area contributed by atoms with Crippen LogP contribution in [-0.2, 0) is 11.3 Å². The topological polar surface area (TPSA) is 114 Å². The third-order valence-electron chi connectivity index (χ3n) is 4.93. The summed E-state index contributed by atoms with van der Waals surface area (Å²) in [6, 6.07) is 15.2. The maximum atomic E-state index is 13.0. The number of rotatable bonds is 8. The van der Waals surface area contributed by atoms with E-state index in [0.29, 0.717) is 26.4 Å². The number of nitrogens with zero attached hydrogens (tertiary/aromatic N) is 3. The molecule has 0 radical (unpaired) electrons. The molecule has 4 aromatic rings. The third-order valence-corrected chi connectivity index (χ3v) is 6.11. The van der Waals surface area contributed by atoms with Crippen molar-refractivity contribution in [3.05, 3.63) is 97.4 Å². The van der Waals surface area contributed by atoms with E-state index < -0.39 is 10.9 Å². The first-order valence-electron chi connectivity index (χ1n) is 10.0. The molecule has 0 atom stereocenters. The lowest BCUT2D eigenvalue weighted by atomic mass is 10.2. The molecule has 2 heterocycles. The normalized spacial score (nSPS) is 10.8. The van der Waals surface area contributed by atoms with E-state index in [2.05, 4.69) is 4.98 Å². The molecule has 168 valence electrons. The fourth-order valence-electron chi connectivity index (χ4n) is 3.26. The SMILES string of the molecule is Cc1c(C(=O)OCCOc2ccccc2)sc2ncn(Cc3ccc([N+](=O)[O-])cc3)c(=O)c12. The number of hydrogen-bond donors (Lipinski definition) is 0. The minimum absolute atomic E-state index is 0.0225. The van der Waals surface area contributed by atoms with Crippen LogP contribution in [0.15, 0.2) is 65.7 Å². The molecule has 9 nitrogen and oxygen atoms in total. The molecule has 4 rings (SSSR count). The quantitative estimate of drug-likeness (QED) is 0.167. The Kier molecular flexibility index (Phi) is 6.45. The number of ether oxygens (including phenoxy) is 2. The summed E-state index contributed by atoms with van der Waals surface area (Å²) in [6.07, 6.45) is 1.41. The van der Waals surface area contributed by atoms with Gasteiger partial charge in [-0.1, -0.05) is 30.3 Å². The number of nitro benzene ring substituents is 1. The lowest BCUT2D eigenvalue weighted by Crippen LogP contribution is -2.21. The summed E-state index contributed by atoms with van der Waals surface area (Å²) in [7, 11) is 0. The fraction of sp³-hybridized carbons (Fsp3) is 0.174. The van der Waals surface area contributed by atoms with Gasteiger partial charge in [0.25, 0.3) is 11.2 Å². The van der Waals surface area contributed by atoms with Crippen molar-refractivity contribution >= 4 is 33.2 Å². The van der Waals surface area contributed by atoms with Gasteiger partial charge < -0.3 is 9.47 Å². The second kappa shape index (κ2) is 9.61. The third kappa shape index (κ3) is 4.90. The molecule has 0 saturated carbocycles. The second-order valence-corrected chi connectivity index (χ2v) is 8.13. The van der Waals surface area contributed by atoms with Crippen LogP contribution >= 0.6 is 11.3 Å². The summed E-state index contributed by atoms with van der Waals surface area (Å²) in [4.78, 5) is 41.0. The Labute approximate surface area is 192 Å². The highest BCUT2D eigenvalue weighted by atomic mass is 32.1. The van der Waals surface area contributed by atoms with Gasteiger partial charge in [-0.3, -0.25) is 19.5 Å². The van der Waals surface area contributed by atoms with Gasteiger partial charge >= 0.3 is 5.97 Å². The molecule has 0 spiro atoms. The van der Waals surface area contributed by atoms with Gasteiger partial charge in [-0.2, -0.15) is 0 Å². The van der Waals surface area contributed by atoms with Crippen molar-refractivity contribution < 1.29 is 19.2 Å². The molecule has 0 saturated heterocycles. The van der Waals surface area contributed by atoms with Gasteiger partial charge in [-0.15, -0.1) is 11.3 Å². The number of aromatic nitrogens is 2. The van der Waals surface area contributed by atoms with Crippen LogP contribution in [-0.4, -0.2) is 33.7 Å². The number of non-ortho nitro benzene ring substituents is 1. The van der Waals surface area contributed by atoms with Gasteiger partial charge in [0.15, 0.2) is 0 Å². The second-order valence-electron chi connectivity index (χ2n) is 7.13. The predicted molar refractivity (Wildman–Crippen MR) is 123 cm³/mol. The van der Waals surface area contributed by atoms with Crippen LogP contribution in [0.4, 0.5) is 5.69 Å². The van der Waals surface area contributed by atoms with E-state index in [9.17, 15) is 19.7 Å². The standard InChI is InChI=1S/C23H19N3O6S/c1-15-19-21(33-20(15)23(28)32-12-11-31-18-5-3-2-4-6-18)24-14-25(22(19)27)13-16-7-9-17(10-8-16)26(29)30/h2-10,14H,11-13H2,1H3. The molecule has 0 unspecified atom stereocenters. The summed E-state index contributed by atoms with van der Waals surface area (Å²) >= 11 is 1.11. The Morgan fingerprint density at radius 3 is 2.55 bits per heavy atom. The lowest BCUT2D eigenvalue weighted by molar-refractivity contribution is -0.384. The predicted octanol–water partition coefficient (Wildman–Crippen LogP) is 3.96. The minimum atomic E-state index is -0.534. The van der Waals surface area contributed by atoms with E-state index in [1.54, 1.807) is 19.1 Å². The van der Waals surface area contributed by atoms with E-state index in [0.717, 1.165) is 16.9 Å². The Balaban J connectivity index is 1.47. The molecule has 2 aromatic carbocycles. The van der Waals surface area contributed by atoms with Gasteiger partial charge in [0, 0.05) is 12.1 Å². The monoisotopic (exact) mass is 465 g/mol. The van der Waals surface area contributed by atoms with E-state index in [1.807, 2.05) is 30.3 Å². The molecule has 0 amide bonds. The zero-order valence-corrected chi connectivity index (χ0v) is 18.4. The number of carbonyl (C=O) groups is 1. The largest absolute Gasteiger partial charge is 0.490 e. The highest BCUT2D eigenvalue weighted by Gasteiger charge is 2.20. The number of aryl methyl sites for hydroxylation is 1. The molecule has 0 aliphatic heterocycles. The molecular formula is C23H19N3O6S. The van der Waals surface area contributed by atoms with E-state index in [-0.39, 0.29) is 31.0 Å². The average Bonchev–Trinajstić information content (AvgIpc) is 3.16. The molecule has 0 aliphatic rings. The fourth-order valence-corrected chi connectivity index (χ4v) is 4.30. The highest BCUT2D eigenvalue weighted by Crippen LogP contribution is 2.27. The van der Waals surface area contributed by atoms with Crippen LogP contribution < -0.4 is 10.3 Å². The zero-order chi connectivity index (χ0) is 23.4. The van der Waals surface area contributed by atoms with Crippen LogP contribution in [0.2, 0.25) is 0 Å². The van der Waals surface area contributed by atoms with E-state index in [4.69, 9.17) is 9.47 Å². The van der Waals surface area contributed by atoms with E-state index >= 15 is 0 Å². The number of fused-ring (bicyclic) bond motifs is 1. The van der Waals surface area contributed by atoms with Crippen molar-refractivity contribution in [2.24, 2.45) is 0 Å². The van der Waals surface area contributed by atoms with Crippen molar-refractivity contribution in [2.45, 2.75) is 13.5 Å². The van der Waals surface area contributed by atoms with Gasteiger partial charge in [-0.05, 0) is 30.2 Å². The summed E-state index contributed by atoms with van der Waals surface area (Å²) in [6.45, 7) is 2.17. The number of carbonyl (C=O) groups excluding carboxylic acids is 1. The number of para-hydroxylation sites is 1. The van der Waals surface area contributed by atoms with Crippen molar-refractivity contribution in [1.82, 2.24) is 9.55 Å². The van der Waals surface area contributed by atoms with Gasteiger partial charge in [0.05, 0.1) is 23.2 Å². The number of thiophene rings is 1. The maximum Gasteiger partial charge on any atom is 0.348 e. The van der Waals surface area contributed by atoms with Crippen LogP contribution in [0.3, 0.4) is 0 Å². The first kappa shape index (κ1) is 22.2. The Bertz CT molecular complexity index is 1360. The Morgan fingerprint density at radius 1 is 1.12 bits per heavy atom. The summed E-state index contributed by atoms with van der Waals surface area (Å²) in [5, 5.41) is 11.2. The highest BCUT2D eigenvalue weighted by molar-refractivity contribution is 7.20. The van der Waals surface area contributed by atoms with Gasteiger partial charge in [0.2, 0.25) is 0 Å². The summed E-state index contributed by atoms with van der Waals surface area (Å²) in [5.41, 5.74) is 0.915. The molecule has 2 aromatic heterocycles. The van der Waals surface area contributed by atoms with Crippen molar-refractivity contribution in [1.29, 1.82) is 0 Å². The number of hydrogen-bond acceptors (Lipinski definition) is 8. The molecule has 10 heteroatoms. The minimum Gasteiger partial charge on any atom is -0.490 e. The zero-order valence-electron chi connectivity index (χ0n) is 17.6. The van der Waals surface area contributed by atoms with Crippen molar-refractivity contribution in [2.75, 3.05) is 13.2 Å². The Morgan fingerprint density at radius 2 is 1.85 bits per heavy atom. The number of nitro groups is 1. The molecule has 0 fully saturated rings. The first-order valence-corrected chi connectivity index (χ1v) is 10.8. The molecular weight excluding hydrogens is 446 g/mol. The van der Waals surface area contributed by atoms with E-state index in [1.165, 1.54) is 23.0 Å². The smallest absolute Gasteiger partial charge is 0.348 e. The first-order chi connectivity index (χ1) is 15.9. The summed E-state index contributed by atoms with van der Waals surface area (Å²) < 4.78 is 12.2. The molecule has 0 N–H and O–H groups in total. The number of esters is 1. The Hall–Kier alpha value is -4.05. The van der Waals surface area contributed by atoms with Crippen LogP contribution in [0.1, 0.15) is 20.8 Å².